The summed E-state index contributed by atoms with van der Waals surface area (Å²) in [5, 5.41) is 3.23. The topological polar surface area (TPSA) is 47.3 Å². The molecule has 0 saturated heterocycles. The molecule has 0 aliphatic heterocycles. The molecule has 3 nitrogen and oxygen atoms in total. The fraction of sp³-hybridized carbons (Fsp3) is 0.231. The molecular formula is C13H14Cl2N2OS. The number of nitrogens with one attached hydrogen (secondary N) is 1. The van der Waals surface area contributed by atoms with Gasteiger partial charge in [-0.05, 0) is 30.2 Å². The summed E-state index contributed by atoms with van der Waals surface area (Å²) < 4.78 is 5.18. The monoisotopic (exact) mass is 316 g/mol. The summed E-state index contributed by atoms with van der Waals surface area (Å²) in [4.78, 5) is 1.10. The Kier molecular flexibility index (Phi) is 5.07. The molecule has 0 saturated carbocycles. The molecule has 2 rings (SSSR count). The minimum atomic E-state index is -0.00687. The van der Waals surface area contributed by atoms with Gasteiger partial charge in [-0.1, -0.05) is 29.3 Å². The number of hydrogen-bond donors (Lipinski definition) is 2. The van der Waals surface area contributed by atoms with E-state index in [1.54, 1.807) is 24.5 Å². The van der Waals surface area contributed by atoms with E-state index in [1.165, 1.54) is 0 Å². The van der Waals surface area contributed by atoms with Crippen LogP contribution in [0.15, 0.2) is 29.6 Å². The molecule has 102 valence electrons. The lowest BCUT2D eigenvalue weighted by Gasteiger charge is -2.15. The van der Waals surface area contributed by atoms with Crippen LogP contribution < -0.4 is 16.0 Å². The Morgan fingerprint density at radius 3 is 2.74 bits per heavy atom. The van der Waals surface area contributed by atoms with Gasteiger partial charge in [0.25, 0.3) is 0 Å². The van der Waals surface area contributed by atoms with Crippen molar-refractivity contribution < 1.29 is 4.74 Å². The van der Waals surface area contributed by atoms with Crippen LogP contribution in [0.4, 0.5) is 0 Å². The maximum Gasteiger partial charge on any atom is 0.129 e. The molecule has 0 amide bonds. The highest BCUT2D eigenvalue weighted by Gasteiger charge is 2.15. The Hall–Kier alpha value is -0.780. The van der Waals surface area contributed by atoms with Crippen molar-refractivity contribution in [2.45, 2.75) is 12.5 Å². The number of nitrogens with two attached hydrogens (primary N) is 1. The van der Waals surface area contributed by atoms with Crippen LogP contribution in [0.5, 0.6) is 5.75 Å². The zero-order chi connectivity index (χ0) is 13.8. The first kappa shape index (κ1) is 14.6. The fourth-order valence-corrected chi connectivity index (χ4v) is 3.17. The summed E-state index contributed by atoms with van der Waals surface area (Å²) >= 11 is 13.7. The highest BCUT2D eigenvalue weighted by Crippen LogP contribution is 2.31. The van der Waals surface area contributed by atoms with Crippen LogP contribution in [0, 0.1) is 0 Å². The molecule has 0 radical (unpaired) electrons. The van der Waals surface area contributed by atoms with Crippen LogP contribution >= 0.6 is 34.5 Å². The summed E-state index contributed by atoms with van der Waals surface area (Å²) in [5.74, 6) is 6.47. The van der Waals surface area contributed by atoms with Crippen molar-refractivity contribution in [1.82, 2.24) is 5.43 Å². The molecule has 1 aromatic carbocycles. The van der Waals surface area contributed by atoms with Crippen LogP contribution in [0.3, 0.4) is 0 Å². The Balaban J connectivity index is 2.18. The molecule has 3 N–H and O–H groups in total. The third kappa shape index (κ3) is 3.61. The molecule has 0 aliphatic carbocycles. The molecular weight excluding hydrogens is 303 g/mol. The normalized spacial score (nSPS) is 12.4. The van der Waals surface area contributed by atoms with Gasteiger partial charge in [0.05, 0.1) is 13.2 Å². The lowest BCUT2D eigenvalue weighted by Crippen LogP contribution is -2.29. The second-order valence-electron chi connectivity index (χ2n) is 4.05. The molecule has 1 unspecified atom stereocenters. The van der Waals surface area contributed by atoms with Gasteiger partial charge < -0.3 is 4.74 Å². The third-order valence-corrected chi connectivity index (χ3v) is 4.43. The van der Waals surface area contributed by atoms with Gasteiger partial charge in [0.2, 0.25) is 0 Å². The SMILES string of the molecule is COc1csc(C(Cc2ccc(Cl)cc2Cl)NN)c1. The van der Waals surface area contributed by atoms with E-state index < -0.39 is 0 Å². The number of hydrogen-bond acceptors (Lipinski definition) is 4. The number of hydrazine groups is 1. The van der Waals surface area contributed by atoms with Gasteiger partial charge in [-0.3, -0.25) is 11.3 Å². The van der Waals surface area contributed by atoms with Crippen LogP contribution in [-0.2, 0) is 6.42 Å². The predicted octanol–water partition coefficient (Wildman–Crippen LogP) is 3.81. The number of halogens is 2. The lowest BCUT2D eigenvalue weighted by molar-refractivity contribution is 0.415. The zero-order valence-electron chi connectivity index (χ0n) is 10.3. The second-order valence-corrected chi connectivity index (χ2v) is 5.83. The molecule has 1 atom stereocenters. The first-order chi connectivity index (χ1) is 9.13. The number of thiophene rings is 1. The summed E-state index contributed by atoms with van der Waals surface area (Å²) in [6, 6.07) is 7.44. The van der Waals surface area contributed by atoms with Gasteiger partial charge in [0, 0.05) is 20.3 Å². The molecule has 19 heavy (non-hydrogen) atoms. The molecule has 0 spiro atoms. The van der Waals surface area contributed by atoms with Gasteiger partial charge in [0.15, 0.2) is 0 Å². The van der Waals surface area contributed by atoms with E-state index in [2.05, 4.69) is 5.43 Å². The van der Waals surface area contributed by atoms with Crippen LogP contribution in [-0.4, -0.2) is 7.11 Å². The average Bonchev–Trinajstić information content (AvgIpc) is 2.86. The van der Waals surface area contributed by atoms with Crippen molar-refractivity contribution in [3.8, 4) is 5.75 Å². The van der Waals surface area contributed by atoms with Crippen molar-refractivity contribution in [1.29, 1.82) is 0 Å². The predicted molar refractivity (Wildman–Crippen MR) is 81.1 cm³/mol. The Morgan fingerprint density at radius 1 is 1.37 bits per heavy atom. The standard InChI is InChI=1S/C13H14Cl2N2OS/c1-18-10-6-13(19-7-10)12(17-16)4-8-2-3-9(14)5-11(8)15/h2-3,5-7,12,17H,4,16H2,1H3. The molecule has 1 heterocycles. The number of ether oxygens (including phenoxy) is 1. The van der Waals surface area contributed by atoms with E-state index in [0.717, 1.165) is 16.2 Å². The quantitative estimate of drug-likeness (QED) is 0.651. The van der Waals surface area contributed by atoms with Crippen molar-refractivity contribution in [2.75, 3.05) is 7.11 Å². The molecule has 0 fully saturated rings. The van der Waals surface area contributed by atoms with E-state index in [0.29, 0.717) is 16.5 Å². The second kappa shape index (κ2) is 6.59. The summed E-state index contributed by atoms with van der Waals surface area (Å²) in [5.41, 5.74) is 3.81. The Morgan fingerprint density at radius 2 is 2.16 bits per heavy atom. The van der Waals surface area contributed by atoms with E-state index in [1.807, 2.05) is 23.6 Å². The van der Waals surface area contributed by atoms with Crippen molar-refractivity contribution >= 4 is 34.5 Å². The van der Waals surface area contributed by atoms with Crippen LogP contribution in [0.1, 0.15) is 16.5 Å². The van der Waals surface area contributed by atoms with E-state index in [-0.39, 0.29) is 6.04 Å². The van der Waals surface area contributed by atoms with Crippen molar-refractivity contribution in [3.63, 3.8) is 0 Å². The third-order valence-electron chi connectivity index (χ3n) is 2.82. The molecule has 2 aromatic rings. The highest BCUT2D eigenvalue weighted by molar-refractivity contribution is 7.10. The first-order valence-corrected chi connectivity index (χ1v) is 7.30. The Bertz CT molecular complexity index is 559. The molecule has 6 heteroatoms. The van der Waals surface area contributed by atoms with E-state index in [4.69, 9.17) is 33.8 Å². The maximum absolute atomic E-state index is 6.18. The van der Waals surface area contributed by atoms with Gasteiger partial charge >= 0.3 is 0 Å². The number of rotatable bonds is 5. The minimum absolute atomic E-state index is 0.00687. The first-order valence-electron chi connectivity index (χ1n) is 5.66. The number of methoxy groups -OCH3 is 1. The Labute approximate surface area is 126 Å². The molecule has 1 aromatic heterocycles. The van der Waals surface area contributed by atoms with Crippen LogP contribution in [0.25, 0.3) is 0 Å². The largest absolute Gasteiger partial charge is 0.496 e. The van der Waals surface area contributed by atoms with Gasteiger partial charge in [-0.2, -0.15) is 0 Å². The fourth-order valence-electron chi connectivity index (χ4n) is 1.77. The zero-order valence-corrected chi connectivity index (χ0v) is 12.6. The van der Waals surface area contributed by atoms with Gasteiger partial charge in [-0.15, -0.1) is 11.3 Å². The minimum Gasteiger partial charge on any atom is -0.496 e. The molecule has 0 bridgehead atoms. The van der Waals surface area contributed by atoms with Crippen molar-refractivity contribution in [3.05, 3.63) is 50.1 Å². The van der Waals surface area contributed by atoms with E-state index in [9.17, 15) is 0 Å². The smallest absolute Gasteiger partial charge is 0.129 e. The van der Waals surface area contributed by atoms with Crippen molar-refractivity contribution in [2.24, 2.45) is 5.84 Å². The highest BCUT2D eigenvalue weighted by atomic mass is 35.5. The summed E-state index contributed by atoms with van der Waals surface area (Å²) in [6.07, 6.45) is 0.691. The van der Waals surface area contributed by atoms with E-state index >= 15 is 0 Å². The summed E-state index contributed by atoms with van der Waals surface area (Å²) in [6.45, 7) is 0. The average molecular weight is 317 g/mol. The maximum atomic E-state index is 6.18. The van der Waals surface area contributed by atoms with Gasteiger partial charge in [-0.25, -0.2) is 0 Å². The van der Waals surface area contributed by atoms with Gasteiger partial charge in [0.1, 0.15) is 5.75 Å². The lowest BCUT2D eigenvalue weighted by atomic mass is 10.1. The molecule has 0 aliphatic rings. The number of benzene rings is 1. The van der Waals surface area contributed by atoms with Crippen LogP contribution in [0.2, 0.25) is 10.0 Å². The summed E-state index contributed by atoms with van der Waals surface area (Å²) in [7, 11) is 1.65.